The molecule has 0 amide bonds. The Hall–Kier alpha value is -1.89. The molecule has 2 aromatic carbocycles. The lowest BCUT2D eigenvalue weighted by atomic mass is 9.87. The van der Waals surface area contributed by atoms with Crippen molar-refractivity contribution in [3.05, 3.63) is 59.7 Å². The van der Waals surface area contributed by atoms with E-state index < -0.39 is 10.0 Å². The zero-order valence-electron chi connectivity index (χ0n) is 15.9. The van der Waals surface area contributed by atoms with Crippen LogP contribution in [0.25, 0.3) is 0 Å². The van der Waals surface area contributed by atoms with Gasteiger partial charge in [0.2, 0.25) is 10.0 Å². The number of nitrogens with zero attached hydrogens (tertiary/aromatic N) is 1. The molecule has 0 atom stereocenters. The van der Waals surface area contributed by atoms with E-state index in [4.69, 9.17) is 9.88 Å². The van der Waals surface area contributed by atoms with Crippen molar-refractivity contribution < 1.29 is 13.2 Å². The average molecular weight is 377 g/mol. The Kier molecular flexibility index (Phi) is 6.44. The first-order valence-corrected chi connectivity index (χ1v) is 10.1. The fourth-order valence-electron chi connectivity index (χ4n) is 2.55. The number of sulfonamides is 1. The quantitative estimate of drug-likeness (QED) is 0.806. The van der Waals surface area contributed by atoms with Gasteiger partial charge in [0.15, 0.2) is 0 Å². The Labute approximate surface area is 156 Å². The SMILES string of the molecule is CN(CCOc1ccc(S(N)(=O)=O)cc1)Cc1ccc(C(C)(C)C)cc1. The van der Waals surface area contributed by atoms with Crippen LogP contribution in [0.15, 0.2) is 53.4 Å². The summed E-state index contributed by atoms with van der Waals surface area (Å²) in [6.07, 6.45) is 0. The minimum absolute atomic E-state index is 0.0840. The molecule has 5 nitrogen and oxygen atoms in total. The van der Waals surface area contributed by atoms with Crippen molar-refractivity contribution in [2.24, 2.45) is 5.14 Å². The molecule has 0 saturated carbocycles. The lowest BCUT2D eigenvalue weighted by molar-refractivity contribution is 0.233. The summed E-state index contributed by atoms with van der Waals surface area (Å²) >= 11 is 0. The minimum atomic E-state index is -3.66. The van der Waals surface area contributed by atoms with Crippen LogP contribution < -0.4 is 9.88 Å². The highest BCUT2D eigenvalue weighted by molar-refractivity contribution is 7.89. The van der Waals surface area contributed by atoms with Gasteiger partial charge in [0.1, 0.15) is 12.4 Å². The maximum Gasteiger partial charge on any atom is 0.238 e. The van der Waals surface area contributed by atoms with Crippen LogP contribution in [-0.2, 0) is 22.0 Å². The number of benzene rings is 2. The van der Waals surface area contributed by atoms with E-state index in [0.717, 1.165) is 13.1 Å². The highest BCUT2D eigenvalue weighted by Crippen LogP contribution is 2.22. The third-order valence-electron chi connectivity index (χ3n) is 4.17. The molecule has 0 aliphatic carbocycles. The number of nitrogens with two attached hydrogens (primary N) is 1. The Morgan fingerprint density at radius 1 is 1.00 bits per heavy atom. The highest BCUT2D eigenvalue weighted by atomic mass is 32.2. The minimum Gasteiger partial charge on any atom is -0.492 e. The van der Waals surface area contributed by atoms with E-state index >= 15 is 0 Å². The fraction of sp³-hybridized carbons (Fsp3) is 0.400. The first-order valence-electron chi connectivity index (χ1n) is 8.59. The van der Waals surface area contributed by atoms with E-state index in [2.05, 4.69) is 49.9 Å². The van der Waals surface area contributed by atoms with Gasteiger partial charge in [-0.3, -0.25) is 4.90 Å². The molecule has 142 valence electrons. The average Bonchev–Trinajstić information content (AvgIpc) is 2.54. The maximum atomic E-state index is 11.2. The van der Waals surface area contributed by atoms with Gasteiger partial charge in [-0.25, -0.2) is 13.6 Å². The molecule has 2 aromatic rings. The maximum absolute atomic E-state index is 11.2. The van der Waals surface area contributed by atoms with Crippen LogP contribution in [0.5, 0.6) is 5.75 Å². The van der Waals surface area contributed by atoms with Crippen LogP contribution in [0.1, 0.15) is 31.9 Å². The molecule has 0 bridgehead atoms. The number of primary sulfonamides is 1. The summed E-state index contributed by atoms with van der Waals surface area (Å²) < 4.78 is 28.1. The molecule has 0 aliphatic heterocycles. The molecule has 0 unspecified atom stereocenters. The molecule has 0 fully saturated rings. The Bertz CT molecular complexity index is 808. The van der Waals surface area contributed by atoms with Gasteiger partial charge < -0.3 is 4.74 Å². The summed E-state index contributed by atoms with van der Waals surface area (Å²) in [6, 6.07) is 14.8. The smallest absolute Gasteiger partial charge is 0.238 e. The lowest BCUT2D eigenvalue weighted by Gasteiger charge is -2.21. The molecular weight excluding hydrogens is 348 g/mol. The van der Waals surface area contributed by atoms with Gasteiger partial charge in [0.25, 0.3) is 0 Å². The highest BCUT2D eigenvalue weighted by Gasteiger charge is 2.13. The van der Waals surface area contributed by atoms with Crippen molar-refractivity contribution in [3.63, 3.8) is 0 Å². The number of hydrogen-bond donors (Lipinski definition) is 1. The van der Waals surface area contributed by atoms with Crippen LogP contribution in [-0.4, -0.2) is 33.5 Å². The van der Waals surface area contributed by atoms with Crippen LogP contribution in [0.4, 0.5) is 0 Å². The molecule has 0 aliphatic rings. The van der Waals surface area contributed by atoms with E-state index in [1.54, 1.807) is 12.1 Å². The van der Waals surface area contributed by atoms with Gasteiger partial charge in [-0.1, -0.05) is 45.0 Å². The topological polar surface area (TPSA) is 72.6 Å². The molecule has 0 radical (unpaired) electrons. The van der Waals surface area contributed by atoms with Crippen molar-refractivity contribution >= 4 is 10.0 Å². The van der Waals surface area contributed by atoms with Crippen molar-refractivity contribution in [1.29, 1.82) is 0 Å². The van der Waals surface area contributed by atoms with Gasteiger partial charge in [0.05, 0.1) is 4.90 Å². The number of ether oxygens (including phenoxy) is 1. The predicted octanol–water partition coefficient (Wildman–Crippen LogP) is 3.14. The molecule has 26 heavy (non-hydrogen) atoms. The van der Waals surface area contributed by atoms with Crippen LogP contribution in [0.3, 0.4) is 0 Å². The molecule has 0 heterocycles. The van der Waals surface area contributed by atoms with Crippen molar-refractivity contribution in [2.45, 2.75) is 37.6 Å². The Balaban J connectivity index is 1.81. The number of rotatable bonds is 7. The molecule has 6 heteroatoms. The van der Waals surface area contributed by atoms with Gasteiger partial charge in [-0.2, -0.15) is 0 Å². The van der Waals surface area contributed by atoms with E-state index in [0.29, 0.717) is 12.4 Å². The molecule has 2 N–H and O–H groups in total. The van der Waals surface area contributed by atoms with Gasteiger partial charge in [-0.15, -0.1) is 0 Å². The number of hydrogen-bond acceptors (Lipinski definition) is 4. The largest absolute Gasteiger partial charge is 0.492 e. The molecule has 0 spiro atoms. The third kappa shape index (κ3) is 6.12. The molecule has 0 aromatic heterocycles. The molecule has 0 saturated heterocycles. The lowest BCUT2D eigenvalue weighted by Crippen LogP contribution is -2.24. The summed E-state index contributed by atoms with van der Waals surface area (Å²) in [6.45, 7) is 8.75. The molecular formula is C20H28N2O3S. The molecule has 2 rings (SSSR count). The first-order chi connectivity index (χ1) is 12.1. The second-order valence-electron chi connectivity index (χ2n) is 7.55. The fourth-order valence-corrected chi connectivity index (χ4v) is 3.06. The van der Waals surface area contributed by atoms with Crippen molar-refractivity contribution in [1.82, 2.24) is 4.90 Å². The van der Waals surface area contributed by atoms with E-state index in [1.807, 2.05) is 7.05 Å². The predicted molar refractivity (Wildman–Crippen MR) is 105 cm³/mol. The first kappa shape index (κ1) is 20.4. The zero-order valence-corrected chi connectivity index (χ0v) is 16.7. The van der Waals surface area contributed by atoms with E-state index in [-0.39, 0.29) is 10.3 Å². The van der Waals surface area contributed by atoms with Crippen LogP contribution in [0, 0.1) is 0 Å². The van der Waals surface area contributed by atoms with Crippen LogP contribution >= 0.6 is 0 Å². The monoisotopic (exact) mass is 376 g/mol. The summed E-state index contributed by atoms with van der Waals surface area (Å²) in [5.41, 5.74) is 2.75. The normalized spacial score (nSPS) is 12.4. The Morgan fingerprint density at radius 3 is 2.08 bits per heavy atom. The number of likely N-dealkylation sites (N-methyl/N-ethyl adjacent to an activating group) is 1. The third-order valence-corrected chi connectivity index (χ3v) is 5.10. The van der Waals surface area contributed by atoms with Gasteiger partial charge >= 0.3 is 0 Å². The van der Waals surface area contributed by atoms with Crippen molar-refractivity contribution in [3.8, 4) is 5.75 Å². The van der Waals surface area contributed by atoms with E-state index in [1.165, 1.54) is 23.3 Å². The summed E-state index contributed by atoms with van der Waals surface area (Å²) in [5, 5.41) is 5.08. The zero-order chi connectivity index (χ0) is 19.4. The van der Waals surface area contributed by atoms with Crippen molar-refractivity contribution in [2.75, 3.05) is 20.2 Å². The van der Waals surface area contributed by atoms with Crippen LogP contribution in [0.2, 0.25) is 0 Å². The van der Waals surface area contributed by atoms with Gasteiger partial charge in [0, 0.05) is 13.1 Å². The standard InChI is InChI=1S/C20H28N2O3S/c1-20(2,3)17-7-5-16(6-8-17)15-22(4)13-14-25-18-9-11-19(12-10-18)26(21,23)24/h5-12H,13-15H2,1-4H3,(H2,21,23,24). The summed E-state index contributed by atoms with van der Waals surface area (Å²) in [7, 11) is -1.62. The second-order valence-corrected chi connectivity index (χ2v) is 9.11. The van der Waals surface area contributed by atoms with E-state index in [9.17, 15) is 8.42 Å². The second kappa shape index (κ2) is 8.20. The summed E-state index contributed by atoms with van der Waals surface area (Å²) in [4.78, 5) is 2.27. The van der Waals surface area contributed by atoms with Gasteiger partial charge in [-0.05, 0) is 47.9 Å². The Morgan fingerprint density at radius 2 is 1.58 bits per heavy atom. The summed E-state index contributed by atoms with van der Waals surface area (Å²) in [5.74, 6) is 0.625.